The molecule has 21 heavy (non-hydrogen) atoms. The lowest BCUT2D eigenvalue weighted by Crippen LogP contribution is -1.98. The largest absolute Gasteiger partial charge is 0.223 e. The Morgan fingerprint density at radius 1 is 1.00 bits per heavy atom. The van der Waals surface area contributed by atoms with Crippen LogP contribution in [0.5, 0.6) is 0 Å². The predicted octanol–water partition coefficient (Wildman–Crippen LogP) is 2.99. The number of hydrogen-bond acceptors (Lipinski definition) is 6. The Balaban J connectivity index is 1.88. The van der Waals surface area contributed by atoms with Crippen molar-refractivity contribution in [3.63, 3.8) is 0 Å². The third kappa shape index (κ3) is 2.16. The van der Waals surface area contributed by atoms with Crippen LogP contribution in [0.15, 0.2) is 42.5 Å². The van der Waals surface area contributed by atoms with E-state index in [0.29, 0.717) is 16.1 Å². The normalized spacial score (nSPS) is 11.1. The SMILES string of the molecule is Clc1ccc2nc(-n3nnnc3-c3ccccc3)sc2n1. The summed E-state index contributed by atoms with van der Waals surface area (Å²) < 4.78 is 1.61. The summed E-state index contributed by atoms with van der Waals surface area (Å²) >= 11 is 7.29. The van der Waals surface area contributed by atoms with Gasteiger partial charge in [-0.1, -0.05) is 53.3 Å². The number of halogens is 1. The van der Waals surface area contributed by atoms with E-state index >= 15 is 0 Å². The summed E-state index contributed by atoms with van der Waals surface area (Å²) in [7, 11) is 0. The summed E-state index contributed by atoms with van der Waals surface area (Å²) in [6, 6.07) is 13.3. The number of tetrazole rings is 1. The number of benzene rings is 1. The third-order valence-electron chi connectivity index (χ3n) is 2.89. The molecule has 0 saturated carbocycles. The van der Waals surface area contributed by atoms with Gasteiger partial charge in [0, 0.05) is 5.56 Å². The second-order valence-corrected chi connectivity index (χ2v) is 5.58. The Morgan fingerprint density at radius 2 is 1.86 bits per heavy atom. The third-order valence-corrected chi connectivity index (χ3v) is 4.04. The molecule has 0 aliphatic heterocycles. The van der Waals surface area contributed by atoms with Gasteiger partial charge in [-0.3, -0.25) is 0 Å². The molecular weight excluding hydrogens is 308 g/mol. The van der Waals surface area contributed by atoms with Crippen molar-refractivity contribution in [1.29, 1.82) is 0 Å². The van der Waals surface area contributed by atoms with E-state index in [1.807, 2.05) is 36.4 Å². The van der Waals surface area contributed by atoms with E-state index < -0.39 is 0 Å². The number of pyridine rings is 1. The molecule has 0 fully saturated rings. The maximum atomic E-state index is 5.90. The average molecular weight is 315 g/mol. The summed E-state index contributed by atoms with van der Waals surface area (Å²) in [4.78, 5) is 9.50. The van der Waals surface area contributed by atoms with Crippen molar-refractivity contribution in [3.05, 3.63) is 47.6 Å². The molecule has 0 bridgehead atoms. The molecule has 0 radical (unpaired) electrons. The Bertz CT molecular complexity index is 917. The Labute approximate surface area is 128 Å². The van der Waals surface area contributed by atoms with Crippen LogP contribution >= 0.6 is 22.9 Å². The Morgan fingerprint density at radius 3 is 2.71 bits per heavy atom. The standard InChI is InChI=1S/C13H7ClN6S/c14-10-7-6-9-12(16-10)21-13(15-9)20-11(17-18-19-20)8-4-2-1-3-5-8/h1-7H. The summed E-state index contributed by atoms with van der Waals surface area (Å²) in [6.45, 7) is 0. The smallest absolute Gasteiger partial charge is 0.216 e. The van der Waals surface area contributed by atoms with E-state index in [1.54, 1.807) is 10.7 Å². The molecule has 8 heteroatoms. The van der Waals surface area contributed by atoms with Gasteiger partial charge in [-0.25, -0.2) is 9.97 Å². The van der Waals surface area contributed by atoms with Crippen LogP contribution in [-0.4, -0.2) is 30.2 Å². The fourth-order valence-corrected chi connectivity index (χ4v) is 3.04. The van der Waals surface area contributed by atoms with Crippen LogP contribution in [0.3, 0.4) is 0 Å². The fraction of sp³-hybridized carbons (Fsp3) is 0. The summed E-state index contributed by atoms with van der Waals surface area (Å²) in [5.41, 5.74) is 1.70. The molecule has 0 aliphatic carbocycles. The zero-order valence-corrected chi connectivity index (χ0v) is 12.1. The van der Waals surface area contributed by atoms with Gasteiger partial charge in [0.05, 0.1) is 0 Å². The van der Waals surface area contributed by atoms with Gasteiger partial charge in [0.1, 0.15) is 15.5 Å². The maximum absolute atomic E-state index is 5.90. The lowest BCUT2D eigenvalue weighted by Gasteiger charge is -1.99. The zero-order valence-electron chi connectivity index (χ0n) is 10.5. The average Bonchev–Trinajstić information content (AvgIpc) is 3.13. The highest BCUT2D eigenvalue weighted by atomic mass is 35.5. The zero-order chi connectivity index (χ0) is 14.2. The maximum Gasteiger partial charge on any atom is 0.216 e. The van der Waals surface area contributed by atoms with E-state index in [2.05, 4.69) is 25.5 Å². The molecule has 102 valence electrons. The van der Waals surface area contributed by atoms with Crippen LogP contribution in [0.2, 0.25) is 5.15 Å². The highest BCUT2D eigenvalue weighted by molar-refractivity contribution is 7.20. The van der Waals surface area contributed by atoms with Crippen molar-refractivity contribution in [2.24, 2.45) is 0 Å². The monoisotopic (exact) mass is 314 g/mol. The van der Waals surface area contributed by atoms with Crippen molar-refractivity contribution in [2.75, 3.05) is 0 Å². The molecule has 4 aromatic rings. The van der Waals surface area contributed by atoms with Crippen LogP contribution in [0.25, 0.3) is 26.9 Å². The highest BCUT2D eigenvalue weighted by Crippen LogP contribution is 2.26. The predicted molar refractivity (Wildman–Crippen MR) is 80.6 cm³/mol. The number of nitrogens with zero attached hydrogens (tertiary/aromatic N) is 6. The van der Waals surface area contributed by atoms with Crippen LogP contribution in [-0.2, 0) is 0 Å². The first-order valence-electron chi connectivity index (χ1n) is 6.08. The minimum Gasteiger partial charge on any atom is -0.223 e. The molecule has 0 aliphatic rings. The topological polar surface area (TPSA) is 69.4 Å². The van der Waals surface area contributed by atoms with Crippen LogP contribution in [0.4, 0.5) is 0 Å². The van der Waals surface area contributed by atoms with Gasteiger partial charge in [-0.05, 0) is 22.6 Å². The second kappa shape index (κ2) is 4.87. The van der Waals surface area contributed by atoms with Crippen molar-refractivity contribution >= 4 is 33.3 Å². The Hall–Kier alpha value is -2.38. The van der Waals surface area contributed by atoms with Crippen LogP contribution < -0.4 is 0 Å². The lowest BCUT2D eigenvalue weighted by molar-refractivity contribution is 0.788. The number of aromatic nitrogens is 6. The molecule has 6 nitrogen and oxygen atoms in total. The minimum atomic E-state index is 0.442. The molecule has 1 aromatic carbocycles. The summed E-state index contributed by atoms with van der Waals surface area (Å²) in [6.07, 6.45) is 0. The second-order valence-electron chi connectivity index (χ2n) is 4.24. The van der Waals surface area contributed by atoms with Crippen molar-refractivity contribution in [1.82, 2.24) is 30.2 Å². The summed E-state index contributed by atoms with van der Waals surface area (Å²) in [5.74, 6) is 0.640. The lowest BCUT2D eigenvalue weighted by atomic mass is 10.2. The van der Waals surface area contributed by atoms with Gasteiger partial charge < -0.3 is 0 Å². The first-order chi connectivity index (χ1) is 10.3. The molecule has 0 atom stereocenters. The molecule has 0 saturated heterocycles. The number of hydrogen-bond donors (Lipinski definition) is 0. The van der Waals surface area contributed by atoms with E-state index in [9.17, 15) is 0 Å². The number of rotatable bonds is 2. The van der Waals surface area contributed by atoms with Crippen molar-refractivity contribution in [2.45, 2.75) is 0 Å². The van der Waals surface area contributed by atoms with Crippen LogP contribution in [0, 0.1) is 0 Å². The van der Waals surface area contributed by atoms with Gasteiger partial charge in [0.15, 0.2) is 5.82 Å². The molecule has 0 amide bonds. The highest BCUT2D eigenvalue weighted by Gasteiger charge is 2.15. The molecule has 3 heterocycles. The van der Waals surface area contributed by atoms with Gasteiger partial charge in [0.25, 0.3) is 0 Å². The Kier molecular flexibility index (Phi) is 2.87. The number of fused-ring (bicyclic) bond motifs is 1. The molecule has 0 spiro atoms. The van der Waals surface area contributed by atoms with Gasteiger partial charge in [-0.15, -0.1) is 5.10 Å². The van der Waals surface area contributed by atoms with E-state index in [0.717, 1.165) is 15.9 Å². The molecular formula is C13H7ClN6S. The molecule has 4 rings (SSSR count). The van der Waals surface area contributed by atoms with Gasteiger partial charge in [-0.2, -0.15) is 4.68 Å². The first kappa shape index (κ1) is 12.4. The van der Waals surface area contributed by atoms with E-state index in [4.69, 9.17) is 11.6 Å². The molecule has 0 N–H and O–H groups in total. The number of thiazole rings is 1. The minimum absolute atomic E-state index is 0.442. The first-order valence-corrected chi connectivity index (χ1v) is 7.28. The van der Waals surface area contributed by atoms with E-state index in [-0.39, 0.29) is 0 Å². The van der Waals surface area contributed by atoms with Gasteiger partial charge >= 0.3 is 0 Å². The fourth-order valence-electron chi connectivity index (χ4n) is 1.96. The van der Waals surface area contributed by atoms with Crippen LogP contribution in [0.1, 0.15) is 0 Å². The molecule has 3 aromatic heterocycles. The molecule has 0 unspecified atom stereocenters. The quantitative estimate of drug-likeness (QED) is 0.532. The van der Waals surface area contributed by atoms with E-state index in [1.165, 1.54) is 11.3 Å². The van der Waals surface area contributed by atoms with Gasteiger partial charge in [0.2, 0.25) is 5.13 Å². The summed E-state index contributed by atoms with van der Waals surface area (Å²) in [5, 5.41) is 12.9. The van der Waals surface area contributed by atoms with Crippen molar-refractivity contribution < 1.29 is 0 Å². The van der Waals surface area contributed by atoms with Crippen molar-refractivity contribution in [3.8, 4) is 16.5 Å².